The smallest absolute Gasteiger partial charge is 0.336 e. The highest BCUT2D eigenvalue weighted by molar-refractivity contribution is 6.32. The van der Waals surface area contributed by atoms with Gasteiger partial charge in [-0.1, -0.05) is 25.4 Å². The predicted molar refractivity (Wildman–Crippen MR) is 110 cm³/mol. The third-order valence-corrected chi connectivity index (χ3v) is 5.63. The number of ketones is 1. The molecule has 1 atom stereocenters. The lowest BCUT2D eigenvalue weighted by molar-refractivity contribution is -0.138. The van der Waals surface area contributed by atoms with Crippen LogP contribution in [0.3, 0.4) is 0 Å². The summed E-state index contributed by atoms with van der Waals surface area (Å²) in [5, 5.41) is 13.5. The van der Waals surface area contributed by atoms with Crippen molar-refractivity contribution in [1.29, 1.82) is 0 Å². The van der Waals surface area contributed by atoms with Crippen molar-refractivity contribution in [1.82, 2.24) is 5.32 Å². The Hall–Kier alpha value is -2.47. The summed E-state index contributed by atoms with van der Waals surface area (Å²) in [5.74, 6) is -1.17. The first-order chi connectivity index (χ1) is 13.6. The Bertz CT molecular complexity index is 945. The maximum absolute atomic E-state index is 13.2. The molecule has 156 valence electrons. The lowest BCUT2D eigenvalue weighted by Crippen LogP contribution is -2.38. The number of benzene rings is 1. The molecule has 2 N–H and O–H groups in total. The monoisotopic (exact) mass is 419 g/mol. The summed E-state index contributed by atoms with van der Waals surface area (Å²) >= 11 is 6.22. The van der Waals surface area contributed by atoms with Gasteiger partial charge in [-0.2, -0.15) is 0 Å². The van der Waals surface area contributed by atoms with Gasteiger partial charge in [-0.15, -0.1) is 0 Å². The highest BCUT2D eigenvalue weighted by atomic mass is 35.5. The first kappa shape index (κ1) is 21.2. The quantitative estimate of drug-likeness (QED) is 0.711. The summed E-state index contributed by atoms with van der Waals surface area (Å²) < 4.78 is 10.5. The highest BCUT2D eigenvalue weighted by Crippen LogP contribution is 2.48. The summed E-state index contributed by atoms with van der Waals surface area (Å²) in [4.78, 5) is 26.0. The van der Waals surface area contributed by atoms with E-state index in [1.165, 1.54) is 7.11 Å². The van der Waals surface area contributed by atoms with Crippen LogP contribution in [0.2, 0.25) is 5.02 Å². The highest BCUT2D eigenvalue weighted by Gasteiger charge is 2.43. The third kappa shape index (κ3) is 3.86. The molecule has 29 heavy (non-hydrogen) atoms. The molecule has 1 aliphatic carbocycles. The second-order valence-electron chi connectivity index (χ2n) is 8.20. The van der Waals surface area contributed by atoms with E-state index in [4.69, 9.17) is 21.1 Å². The van der Waals surface area contributed by atoms with Gasteiger partial charge in [0, 0.05) is 29.3 Å². The second kappa shape index (κ2) is 7.75. The van der Waals surface area contributed by atoms with Crippen LogP contribution in [0.1, 0.15) is 52.0 Å². The normalized spacial score (nSPS) is 20.9. The summed E-state index contributed by atoms with van der Waals surface area (Å²) in [6.07, 6.45) is 1.06. The molecule has 0 spiro atoms. The van der Waals surface area contributed by atoms with E-state index in [1.807, 2.05) is 13.8 Å². The number of hydrogen-bond acceptors (Lipinski definition) is 6. The molecule has 1 aliphatic heterocycles. The molecular formula is C22H26ClNO5. The summed E-state index contributed by atoms with van der Waals surface area (Å²) in [7, 11) is 1.42. The molecule has 1 aromatic carbocycles. The van der Waals surface area contributed by atoms with Gasteiger partial charge in [0.25, 0.3) is 0 Å². The molecule has 0 aromatic heterocycles. The Balaban J connectivity index is 2.25. The van der Waals surface area contributed by atoms with Crippen LogP contribution in [-0.2, 0) is 14.3 Å². The Morgan fingerprint density at radius 3 is 2.66 bits per heavy atom. The van der Waals surface area contributed by atoms with Crippen molar-refractivity contribution in [2.24, 2.45) is 5.41 Å². The molecule has 0 bridgehead atoms. The lowest BCUT2D eigenvalue weighted by Gasteiger charge is -2.39. The van der Waals surface area contributed by atoms with Crippen LogP contribution < -0.4 is 10.1 Å². The maximum Gasteiger partial charge on any atom is 0.336 e. The van der Waals surface area contributed by atoms with E-state index in [2.05, 4.69) is 5.32 Å². The molecule has 0 amide bonds. The van der Waals surface area contributed by atoms with Crippen molar-refractivity contribution in [2.75, 3.05) is 13.7 Å². The van der Waals surface area contributed by atoms with E-state index < -0.39 is 11.9 Å². The van der Waals surface area contributed by atoms with E-state index in [0.29, 0.717) is 35.2 Å². The number of phenols is 1. The van der Waals surface area contributed by atoms with Crippen LogP contribution in [0.4, 0.5) is 0 Å². The number of rotatable bonds is 4. The third-order valence-electron chi connectivity index (χ3n) is 5.34. The Morgan fingerprint density at radius 2 is 2.03 bits per heavy atom. The van der Waals surface area contributed by atoms with Crippen LogP contribution in [-0.4, -0.2) is 30.6 Å². The van der Waals surface area contributed by atoms with Gasteiger partial charge in [-0.05, 0) is 43.4 Å². The van der Waals surface area contributed by atoms with Gasteiger partial charge in [0.2, 0.25) is 0 Å². The number of halogens is 1. The number of ether oxygens (including phenoxy) is 2. The molecule has 0 fully saturated rings. The number of hydrogen-bond donors (Lipinski definition) is 2. The number of esters is 1. The number of dihydropyridines is 1. The molecule has 2 aliphatic rings. The fourth-order valence-corrected chi connectivity index (χ4v) is 4.38. The number of aromatic hydroxyl groups is 1. The SMILES string of the molecule is CCOC(=O)C1=C(C)NC2=C(C(=O)CC(C)(C)C2)[C@@H]1c1cc(Cl)c(O)c(OC)c1. The standard InChI is InChI=1S/C22H26ClNO5/c1-6-29-21(27)17-11(2)24-14-9-22(3,4)10-15(25)19(14)18(17)12-7-13(23)20(26)16(8-12)28-5/h7-8,18,24,26H,6,9-10H2,1-5H3/t18-/m1/s1. The molecule has 7 heteroatoms. The predicted octanol–water partition coefficient (Wildman–Crippen LogP) is 4.22. The number of nitrogens with one attached hydrogen (secondary N) is 1. The Labute approximate surface area is 175 Å². The fourth-order valence-electron chi connectivity index (χ4n) is 4.16. The molecule has 1 aromatic rings. The van der Waals surface area contributed by atoms with Gasteiger partial charge in [0.15, 0.2) is 17.3 Å². The summed E-state index contributed by atoms with van der Waals surface area (Å²) in [6, 6.07) is 3.18. The maximum atomic E-state index is 13.2. The van der Waals surface area contributed by atoms with Crippen LogP contribution in [0.5, 0.6) is 11.5 Å². The summed E-state index contributed by atoms with van der Waals surface area (Å²) in [6.45, 7) is 7.85. The first-order valence-electron chi connectivity index (χ1n) is 9.57. The number of carbonyl (C=O) groups excluding carboxylic acids is 2. The van der Waals surface area contributed by atoms with Crippen molar-refractivity contribution in [2.45, 2.75) is 46.5 Å². The topological polar surface area (TPSA) is 84.9 Å². The lowest BCUT2D eigenvalue weighted by atomic mass is 9.68. The average molecular weight is 420 g/mol. The Morgan fingerprint density at radius 1 is 1.34 bits per heavy atom. The van der Waals surface area contributed by atoms with Crippen LogP contribution in [0.15, 0.2) is 34.7 Å². The van der Waals surface area contributed by atoms with E-state index in [0.717, 1.165) is 5.70 Å². The molecule has 3 rings (SSSR count). The molecule has 1 heterocycles. The zero-order valence-corrected chi connectivity index (χ0v) is 18.1. The van der Waals surface area contributed by atoms with Gasteiger partial charge >= 0.3 is 5.97 Å². The second-order valence-corrected chi connectivity index (χ2v) is 8.61. The molecule has 0 saturated carbocycles. The number of carbonyl (C=O) groups is 2. The molecular weight excluding hydrogens is 394 g/mol. The van der Waals surface area contributed by atoms with Gasteiger partial charge in [-0.25, -0.2) is 4.79 Å². The number of Topliss-reactive ketones (excluding diaryl/α,β-unsaturated/α-hetero) is 1. The van der Waals surface area contributed by atoms with Crippen molar-refractivity contribution >= 4 is 23.4 Å². The minimum atomic E-state index is -0.652. The molecule has 0 saturated heterocycles. The number of allylic oxidation sites excluding steroid dienone is 3. The van der Waals surface area contributed by atoms with Crippen molar-refractivity contribution in [3.8, 4) is 11.5 Å². The number of phenolic OH excluding ortho intramolecular Hbond substituents is 1. The average Bonchev–Trinajstić information content (AvgIpc) is 2.61. The number of methoxy groups -OCH3 is 1. The van der Waals surface area contributed by atoms with E-state index in [-0.39, 0.29) is 34.3 Å². The van der Waals surface area contributed by atoms with E-state index in [1.54, 1.807) is 26.0 Å². The fraction of sp³-hybridized carbons (Fsp3) is 0.455. The van der Waals surface area contributed by atoms with E-state index >= 15 is 0 Å². The zero-order valence-electron chi connectivity index (χ0n) is 17.3. The van der Waals surface area contributed by atoms with Gasteiger partial charge in [0.1, 0.15) is 0 Å². The van der Waals surface area contributed by atoms with Crippen molar-refractivity contribution in [3.05, 3.63) is 45.3 Å². The zero-order chi connectivity index (χ0) is 21.5. The van der Waals surface area contributed by atoms with Crippen molar-refractivity contribution < 1.29 is 24.2 Å². The molecule has 6 nitrogen and oxygen atoms in total. The molecule has 0 unspecified atom stereocenters. The molecule has 0 radical (unpaired) electrons. The first-order valence-corrected chi connectivity index (χ1v) is 9.95. The van der Waals surface area contributed by atoms with Crippen LogP contribution in [0.25, 0.3) is 0 Å². The minimum absolute atomic E-state index is 0.0220. The van der Waals surface area contributed by atoms with Crippen LogP contribution >= 0.6 is 11.6 Å². The minimum Gasteiger partial charge on any atom is -0.503 e. The van der Waals surface area contributed by atoms with Gasteiger partial charge in [-0.3, -0.25) is 4.79 Å². The summed E-state index contributed by atoms with van der Waals surface area (Å²) in [5.41, 5.74) is 2.77. The largest absolute Gasteiger partial charge is 0.503 e. The van der Waals surface area contributed by atoms with Gasteiger partial charge in [0.05, 0.1) is 24.3 Å². The van der Waals surface area contributed by atoms with E-state index in [9.17, 15) is 14.7 Å². The van der Waals surface area contributed by atoms with Gasteiger partial charge < -0.3 is 19.9 Å². The van der Waals surface area contributed by atoms with Crippen LogP contribution in [0, 0.1) is 5.41 Å². The van der Waals surface area contributed by atoms with Crippen molar-refractivity contribution in [3.63, 3.8) is 0 Å². The Kier molecular flexibility index (Phi) is 5.68.